The average Bonchev–Trinajstić information content (AvgIpc) is 2.09. The van der Waals surface area contributed by atoms with Crippen LogP contribution in [0, 0.1) is 6.92 Å². The molecule has 0 aliphatic rings. The van der Waals surface area contributed by atoms with E-state index in [1.807, 2.05) is 0 Å². The van der Waals surface area contributed by atoms with E-state index < -0.39 is 0 Å². The molecule has 0 nitrogen and oxygen atoms in total. The molecule has 0 fully saturated rings. The van der Waals surface area contributed by atoms with Gasteiger partial charge in [0.15, 0.2) is 0 Å². The third-order valence-corrected chi connectivity index (χ3v) is 3.89. The summed E-state index contributed by atoms with van der Waals surface area (Å²) in [5.74, 6) is 1.05. The summed E-state index contributed by atoms with van der Waals surface area (Å²) in [4.78, 5) is 1.23. The van der Waals surface area contributed by atoms with Crippen LogP contribution in [0.5, 0.6) is 0 Å². The van der Waals surface area contributed by atoms with Crippen molar-refractivity contribution in [2.24, 2.45) is 0 Å². The van der Waals surface area contributed by atoms with Crippen LogP contribution in [-0.2, 0) is 0 Å². The summed E-state index contributed by atoms with van der Waals surface area (Å²) in [6.07, 6.45) is 0. The highest BCUT2D eigenvalue weighted by molar-refractivity contribution is 8.47. The van der Waals surface area contributed by atoms with Crippen LogP contribution < -0.4 is 0 Å². The highest BCUT2D eigenvalue weighted by Gasteiger charge is 1.98. The Bertz CT molecular complexity index is 277. The quantitative estimate of drug-likeness (QED) is 0.552. The number of hydrogen-bond acceptors (Lipinski definition) is 3. The number of rotatable bonds is 2. The first kappa shape index (κ1) is 11.1. The number of aryl methyl sites for hydroxylation is 1. The van der Waals surface area contributed by atoms with Crippen molar-refractivity contribution in [1.29, 1.82) is 0 Å². The van der Waals surface area contributed by atoms with Crippen molar-refractivity contribution >= 4 is 39.3 Å². The second-order valence-corrected chi connectivity index (χ2v) is 6.14. The van der Waals surface area contributed by atoms with E-state index in [4.69, 9.17) is 12.2 Å². The third-order valence-electron chi connectivity index (χ3n) is 1.48. The summed E-state index contributed by atoms with van der Waals surface area (Å²) in [5.41, 5.74) is 1.29. The van der Waals surface area contributed by atoms with Gasteiger partial charge in [0, 0.05) is 4.90 Å². The minimum atomic E-state index is 1.01. The summed E-state index contributed by atoms with van der Waals surface area (Å²) < 4.78 is 1.01. The van der Waals surface area contributed by atoms with Crippen molar-refractivity contribution in [3.05, 3.63) is 29.8 Å². The number of thiocarbonyl (C=S) groups is 1. The zero-order chi connectivity index (χ0) is 9.68. The SMILES string of the molecule is CCSC(=S)Sc1ccc(C)cc1. The van der Waals surface area contributed by atoms with Gasteiger partial charge in [-0.2, -0.15) is 0 Å². The van der Waals surface area contributed by atoms with Crippen molar-refractivity contribution in [2.75, 3.05) is 5.75 Å². The summed E-state index contributed by atoms with van der Waals surface area (Å²) in [5, 5.41) is 0. The fourth-order valence-electron chi connectivity index (χ4n) is 0.850. The molecule has 0 radical (unpaired) electrons. The van der Waals surface area contributed by atoms with Crippen LogP contribution in [0.25, 0.3) is 0 Å². The lowest BCUT2D eigenvalue weighted by Gasteiger charge is -2.01. The minimum Gasteiger partial charge on any atom is -0.108 e. The molecule has 1 aromatic rings. The predicted octanol–water partition coefficient (Wildman–Crippen LogP) is 4.13. The Kier molecular flexibility index (Phi) is 4.84. The van der Waals surface area contributed by atoms with E-state index in [1.54, 1.807) is 23.5 Å². The van der Waals surface area contributed by atoms with Gasteiger partial charge >= 0.3 is 0 Å². The summed E-state index contributed by atoms with van der Waals surface area (Å²) in [6.45, 7) is 4.21. The lowest BCUT2D eigenvalue weighted by Crippen LogP contribution is -1.81. The fraction of sp³-hybridized carbons (Fsp3) is 0.300. The molecule has 0 amide bonds. The summed E-state index contributed by atoms with van der Waals surface area (Å²) in [7, 11) is 0. The molecule has 0 atom stereocenters. The third kappa shape index (κ3) is 4.16. The van der Waals surface area contributed by atoms with E-state index in [9.17, 15) is 0 Å². The zero-order valence-electron chi connectivity index (χ0n) is 7.74. The van der Waals surface area contributed by atoms with E-state index >= 15 is 0 Å². The van der Waals surface area contributed by atoms with Gasteiger partial charge in [0.2, 0.25) is 0 Å². The first-order valence-corrected chi connectivity index (χ1v) is 6.34. The Hall–Kier alpha value is 0.01000. The van der Waals surface area contributed by atoms with Crippen LogP contribution in [0.4, 0.5) is 0 Å². The van der Waals surface area contributed by atoms with Crippen LogP contribution in [0.3, 0.4) is 0 Å². The minimum absolute atomic E-state index is 1.01. The Labute approximate surface area is 93.5 Å². The molecule has 0 aliphatic carbocycles. The van der Waals surface area contributed by atoms with E-state index in [2.05, 4.69) is 38.1 Å². The molecule has 0 bridgehead atoms. The molecule has 0 spiro atoms. The molecular weight excluding hydrogens is 216 g/mol. The van der Waals surface area contributed by atoms with Gasteiger partial charge in [-0.05, 0) is 24.8 Å². The predicted molar refractivity (Wildman–Crippen MR) is 67.8 cm³/mol. The van der Waals surface area contributed by atoms with E-state index in [0.29, 0.717) is 0 Å². The van der Waals surface area contributed by atoms with Crippen molar-refractivity contribution in [3.63, 3.8) is 0 Å². The lowest BCUT2D eigenvalue weighted by atomic mass is 10.2. The van der Waals surface area contributed by atoms with E-state index in [1.165, 1.54) is 10.5 Å². The topological polar surface area (TPSA) is 0 Å². The largest absolute Gasteiger partial charge is 0.109 e. The van der Waals surface area contributed by atoms with Gasteiger partial charge in [-0.1, -0.05) is 48.6 Å². The zero-order valence-corrected chi connectivity index (χ0v) is 10.2. The molecule has 0 N–H and O–H groups in total. The van der Waals surface area contributed by atoms with Crippen molar-refractivity contribution < 1.29 is 0 Å². The Morgan fingerprint density at radius 2 is 1.92 bits per heavy atom. The maximum atomic E-state index is 5.19. The molecule has 0 aromatic heterocycles. The molecule has 0 saturated heterocycles. The normalized spacial score (nSPS) is 10.0. The summed E-state index contributed by atoms with van der Waals surface area (Å²) in [6, 6.07) is 8.45. The van der Waals surface area contributed by atoms with Crippen LogP contribution in [0.2, 0.25) is 0 Å². The van der Waals surface area contributed by atoms with Gasteiger partial charge in [0.1, 0.15) is 3.53 Å². The molecule has 0 heterocycles. The highest BCUT2D eigenvalue weighted by atomic mass is 32.2. The second kappa shape index (κ2) is 5.68. The second-order valence-electron chi connectivity index (χ2n) is 2.60. The molecule has 13 heavy (non-hydrogen) atoms. The Morgan fingerprint density at radius 1 is 1.31 bits per heavy atom. The van der Waals surface area contributed by atoms with Crippen molar-refractivity contribution in [1.82, 2.24) is 0 Å². The maximum absolute atomic E-state index is 5.19. The molecule has 0 aliphatic heterocycles. The standard InChI is InChI=1S/C10H12S3/c1-3-12-10(11)13-9-6-4-8(2)5-7-9/h4-7H,3H2,1-2H3. The molecule has 0 unspecified atom stereocenters. The van der Waals surface area contributed by atoms with Crippen LogP contribution in [0.1, 0.15) is 12.5 Å². The van der Waals surface area contributed by atoms with Crippen LogP contribution in [0.15, 0.2) is 29.2 Å². The average molecular weight is 228 g/mol. The van der Waals surface area contributed by atoms with Gasteiger partial charge in [-0.3, -0.25) is 0 Å². The van der Waals surface area contributed by atoms with Gasteiger partial charge in [0.05, 0.1) is 0 Å². The molecule has 1 aromatic carbocycles. The van der Waals surface area contributed by atoms with Crippen molar-refractivity contribution in [3.8, 4) is 0 Å². The monoisotopic (exact) mass is 228 g/mol. The Balaban J connectivity index is 2.54. The Morgan fingerprint density at radius 3 is 2.46 bits per heavy atom. The molecular formula is C10H12S3. The van der Waals surface area contributed by atoms with Gasteiger partial charge in [0.25, 0.3) is 0 Å². The highest BCUT2D eigenvalue weighted by Crippen LogP contribution is 2.25. The molecule has 0 saturated carbocycles. The smallest absolute Gasteiger partial charge is 0.108 e. The van der Waals surface area contributed by atoms with Gasteiger partial charge in [-0.25, -0.2) is 0 Å². The summed E-state index contributed by atoms with van der Waals surface area (Å²) >= 11 is 8.59. The number of hydrogen-bond donors (Lipinski definition) is 0. The fourth-order valence-corrected chi connectivity index (χ4v) is 3.07. The molecule has 70 valence electrons. The maximum Gasteiger partial charge on any atom is 0.109 e. The van der Waals surface area contributed by atoms with Crippen LogP contribution in [-0.4, -0.2) is 9.28 Å². The van der Waals surface area contributed by atoms with Crippen molar-refractivity contribution in [2.45, 2.75) is 18.7 Å². The van der Waals surface area contributed by atoms with E-state index in [0.717, 1.165) is 9.28 Å². The molecule has 3 heteroatoms. The van der Waals surface area contributed by atoms with Gasteiger partial charge in [-0.15, -0.1) is 11.8 Å². The van der Waals surface area contributed by atoms with E-state index in [-0.39, 0.29) is 0 Å². The first-order valence-electron chi connectivity index (χ1n) is 4.13. The van der Waals surface area contributed by atoms with Crippen LogP contribution >= 0.6 is 35.7 Å². The molecule has 1 rings (SSSR count). The lowest BCUT2D eigenvalue weighted by molar-refractivity contribution is 1.38. The number of benzene rings is 1. The first-order chi connectivity index (χ1) is 6.22. The van der Waals surface area contributed by atoms with Gasteiger partial charge < -0.3 is 0 Å². The number of thioether (sulfide) groups is 2.